The van der Waals surface area contributed by atoms with Crippen LogP contribution in [0.3, 0.4) is 0 Å². The number of para-hydroxylation sites is 1. The van der Waals surface area contributed by atoms with E-state index >= 15 is 0 Å². The molecule has 1 aromatic carbocycles. The van der Waals surface area contributed by atoms with E-state index in [-0.39, 0.29) is 0 Å². The van der Waals surface area contributed by atoms with Crippen LogP contribution in [0.1, 0.15) is 5.69 Å². The normalized spacial score (nSPS) is 10.5. The van der Waals surface area contributed by atoms with Crippen LogP contribution < -0.4 is 10.2 Å². The molecule has 0 aliphatic carbocycles. The maximum absolute atomic E-state index is 6.21. The fourth-order valence-corrected chi connectivity index (χ4v) is 2.64. The highest BCUT2D eigenvalue weighted by molar-refractivity contribution is 7.13. The minimum absolute atomic E-state index is 0.456. The number of benzene rings is 1. The third-order valence-electron chi connectivity index (χ3n) is 3.02. The molecule has 0 aliphatic heterocycles. The average Bonchev–Trinajstić information content (AvgIpc) is 3.02. The maximum atomic E-state index is 6.21. The lowest BCUT2D eigenvalue weighted by Crippen LogP contribution is -2.15. The molecule has 0 unspecified atom stereocenters. The van der Waals surface area contributed by atoms with E-state index in [0.29, 0.717) is 22.5 Å². The molecule has 3 rings (SSSR count). The van der Waals surface area contributed by atoms with Crippen LogP contribution in [-0.4, -0.2) is 27.2 Å². The van der Waals surface area contributed by atoms with Gasteiger partial charge < -0.3 is 10.2 Å². The van der Waals surface area contributed by atoms with E-state index < -0.39 is 0 Å². The van der Waals surface area contributed by atoms with Crippen LogP contribution in [0, 0.1) is 6.92 Å². The van der Waals surface area contributed by atoms with Gasteiger partial charge in [0.1, 0.15) is 5.69 Å². The first-order valence-electron chi connectivity index (χ1n) is 6.51. The minimum Gasteiger partial charge on any atom is -0.315 e. The van der Waals surface area contributed by atoms with Crippen molar-refractivity contribution < 1.29 is 0 Å². The molecular formula is C14H13ClN6S. The smallest absolute Gasteiger partial charge is 0.251 e. The van der Waals surface area contributed by atoms with Crippen LogP contribution in [0.15, 0.2) is 35.8 Å². The summed E-state index contributed by atoms with van der Waals surface area (Å²) in [4.78, 5) is 10.5. The summed E-state index contributed by atoms with van der Waals surface area (Å²) in [6.07, 6.45) is 1.73. The molecule has 0 aliphatic rings. The summed E-state index contributed by atoms with van der Waals surface area (Å²) in [5.41, 5.74) is 1.52. The summed E-state index contributed by atoms with van der Waals surface area (Å²) < 4.78 is 0. The number of hydrogen-bond donors (Lipinski definition) is 1. The van der Waals surface area contributed by atoms with E-state index in [4.69, 9.17) is 11.6 Å². The van der Waals surface area contributed by atoms with Gasteiger partial charge in [0.2, 0.25) is 0 Å². The lowest BCUT2D eigenvalue weighted by atomic mass is 10.3. The first-order valence-corrected chi connectivity index (χ1v) is 7.77. The molecule has 0 saturated heterocycles. The van der Waals surface area contributed by atoms with Crippen LogP contribution in [0.2, 0.25) is 5.02 Å². The van der Waals surface area contributed by atoms with Gasteiger partial charge >= 0.3 is 0 Å². The number of hydrogen-bond acceptors (Lipinski definition) is 7. The van der Waals surface area contributed by atoms with Crippen molar-refractivity contribution in [2.45, 2.75) is 6.92 Å². The van der Waals surface area contributed by atoms with Crippen molar-refractivity contribution in [1.82, 2.24) is 20.2 Å². The summed E-state index contributed by atoms with van der Waals surface area (Å²) in [6.45, 7) is 1.84. The van der Waals surface area contributed by atoms with Gasteiger partial charge in [-0.3, -0.25) is 0 Å². The van der Waals surface area contributed by atoms with Crippen LogP contribution in [0.5, 0.6) is 0 Å². The van der Waals surface area contributed by atoms with Gasteiger partial charge in [0.05, 0.1) is 10.7 Å². The average molecular weight is 333 g/mol. The summed E-state index contributed by atoms with van der Waals surface area (Å²) >= 11 is 7.71. The first kappa shape index (κ1) is 14.7. The van der Waals surface area contributed by atoms with Crippen LogP contribution in [0.4, 0.5) is 22.6 Å². The molecule has 112 valence electrons. The third-order valence-corrected chi connectivity index (χ3v) is 4.02. The zero-order valence-electron chi connectivity index (χ0n) is 12.0. The van der Waals surface area contributed by atoms with Gasteiger partial charge in [0.15, 0.2) is 10.9 Å². The Morgan fingerprint density at radius 2 is 2.05 bits per heavy atom. The second-order valence-electron chi connectivity index (χ2n) is 4.52. The van der Waals surface area contributed by atoms with Crippen molar-refractivity contribution in [2.24, 2.45) is 0 Å². The Bertz CT molecular complexity index is 777. The Labute approximate surface area is 136 Å². The number of aryl methyl sites for hydroxylation is 1. The maximum Gasteiger partial charge on any atom is 0.251 e. The van der Waals surface area contributed by atoms with Crippen molar-refractivity contribution in [3.8, 4) is 0 Å². The lowest BCUT2D eigenvalue weighted by Gasteiger charge is -2.18. The molecule has 2 aromatic heterocycles. The van der Waals surface area contributed by atoms with Crippen LogP contribution in [-0.2, 0) is 0 Å². The molecule has 1 N–H and O–H groups in total. The van der Waals surface area contributed by atoms with E-state index in [2.05, 4.69) is 25.5 Å². The fraction of sp³-hybridized carbons (Fsp3) is 0.143. The molecule has 6 nitrogen and oxygen atoms in total. The Hall–Kier alpha value is -2.25. The molecule has 0 bridgehead atoms. The highest BCUT2D eigenvalue weighted by Gasteiger charge is 2.13. The van der Waals surface area contributed by atoms with E-state index in [1.165, 1.54) is 11.3 Å². The van der Waals surface area contributed by atoms with E-state index in [0.717, 1.165) is 10.8 Å². The van der Waals surface area contributed by atoms with Gasteiger partial charge in [-0.2, -0.15) is 4.98 Å². The number of anilines is 4. The zero-order valence-corrected chi connectivity index (χ0v) is 13.6. The van der Waals surface area contributed by atoms with Crippen LogP contribution in [0.25, 0.3) is 0 Å². The van der Waals surface area contributed by atoms with Crippen LogP contribution >= 0.6 is 22.9 Å². The Kier molecular flexibility index (Phi) is 4.17. The molecule has 22 heavy (non-hydrogen) atoms. The molecule has 0 spiro atoms. The second kappa shape index (κ2) is 6.25. The predicted molar refractivity (Wildman–Crippen MR) is 89.5 cm³/mol. The zero-order chi connectivity index (χ0) is 15.5. The predicted octanol–water partition coefficient (Wildman–Crippen LogP) is 3.80. The minimum atomic E-state index is 0.456. The van der Waals surface area contributed by atoms with E-state index in [9.17, 15) is 0 Å². The quantitative estimate of drug-likeness (QED) is 0.783. The standard InChI is InChI=1S/C14H13ClN6S/c1-9-12(18-14-16-7-8-22-14)17-13(20-19-9)21(2)11-6-4-3-5-10(11)15/h3-8H,1-2H3,(H,16,17,18,20). The van der Waals surface area contributed by atoms with E-state index in [1.54, 1.807) is 11.1 Å². The number of nitrogens with zero attached hydrogens (tertiary/aromatic N) is 5. The van der Waals surface area contributed by atoms with Crippen molar-refractivity contribution in [2.75, 3.05) is 17.3 Å². The van der Waals surface area contributed by atoms with Gasteiger partial charge in [-0.25, -0.2) is 4.98 Å². The SMILES string of the molecule is Cc1nnc(N(C)c2ccccc2Cl)nc1Nc1nccs1. The first-order chi connectivity index (χ1) is 10.6. The highest BCUT2D eigenvalue weighted by atomic mass is 35.5. The van der Waals surface area contributed by atoms with Crippen molar-refractivity contribution in [1.29, 1.82) is 0 Å². The highest BCUT2D eigenvalue weighted by Crippen LogP contribution is 2.29. The molecule has 0 radical (unpaired) electrons. The van der Waals surface area contributed by atoms with Gasteiger partial charge in [0, 0.05) is 18.6 Å². The molecule has 3 aromatic rings. The molecule has 0 fully saturated rings. The largest absolute Gasteiger partial charge is 0.315 e. The van der Waals surface area contributed by atoms with E-state index in [1.807, 2.05) is 43.6 Å². The number of halogens is 1. The monoisotopic (exact) mass is 332 g/mol. The van der Waals surface area contributed by atoms with Gasteiger partial charge in [-0.1, -0.05) is 23.7 Å². The van der Waals surface area contributed by atoms with Crippen molar-refractivity contribution >= 4 is 45.5 Å². The van der Waals surface area contributed by atoms with Crippen molar-refractivity contribution in [3.05, 3.63) is 46.6 Å². The van der Waals surface area contributed by atoms with Gasteiger partial charge in [-0.15, -0.1) is 21.5 Å². The van der Waals surface area contributed by atoms with Crippen molar-refractivity contribution in [3.63, 3.8) is 0 Å². The number of aromatic nitrogens is 4. The Morgan fingerprint density at radius 3 is 2.77 bits per heavy atom. The molecule has 8 heteroatoms. The summed E-state index contributed by atoms with van der Waals surface area (Å²) in [5, 5.41) is 14.7. The fourth-order valence-electron chi connectivity index (χ4n) is 1.85. The molecule has 0 saturated carbocycles. The third kappa shape index (κ3) is 3.00. The molecular weight excluding hydrogens is 320 g/mol. The summed E-state index contributed by atoms with van der Waals surface area (Å²) in [6, 6.07) is 7.51. The number of rotatable bonds is 4. The molecule has 0 atom stereocenters. The topological polar surface area (TPSA) is 66.8 Å². The van der Waals surface area contributed by atoms with Gasteiger partial charge in [-0.05, 0) is 19.1 Å². The molecule has 2 heterocycles. The second-order valence-corrected chi connectivity index (χ2v) is 5.82. The Balaban J connectivity index is 1.93. The lowest BCUT2D eigenvalue weighted by molar-refractivity contribution is 0.901. The summed E-state index contributed by atoms with van der Waals surface area (Å²) in [7, 11) is 1.85. The molecule has 0 amide bonds. The summed E-state index contributed by atoms with van der Waals surface area (Å²) in [5.74, 6) is 1.08. The number of nitrogens with one attached hydrogen (secondary N) is 1. The van der Waals surface area contributed by atoms with Gasteiger partial charge in [0.25, 0.3) is 5.95 Å². The number of thiazole rings is 1. The Morgan fingerprint density at radius 1 is 1.23 bits per heavy atom.